The average molecular weight is 174 g/mol. The lowest BCUT2D eigenvalue weighted by molar-refractivity contribution is 0.134. The van der Waals surface area contributed by atoms with Crippen molar-refractivity contribution in [3.8, 4) is 0 Å². The molecule has 3 heteroatoms. The van der Waals surface area contributed by atoms with Crippen molar-refractivity contribution in [2.45, 2.75) is 13.8 Å². The highest BCUT2D eigenvalue weighted by atomic mass is 16.3. The first kappa shape index (κ1) is 11.9. The number of hydrogen-bond donors (Lipinski definition) is 2. The van der Waals surface area contributed by atoms with E-state index in [2.05, 4.69) is 6.92 Å². The highest BCUT2D eigenvalue weighted by Gasteiger charge is 2.15. The molecule has 0 spiro atoms. The normalized spacial score (nSPS) is 12.5. The Kier molecular flexibility index (Phi) is 5.46. The Morgan fingerprint density at radius 1 is 1.17 bits per heavy atom. The Labute approximate surface area is 75.0 Å². The number of aliphatic hydroxyl groups is 2. The van der Waals surface area contributed by atoms with Gasteiger partial charge in [0.1, 0.15) is 0 Å². The van der Waals surface area contributed by atoms with Crippen molar-refractivity contribution in [1.29, 1.82) is 0 Å². The summed E-state index contributed by atoms with van der Waals surface area (Å²) >= 11 is 0. The molecule has 0 unspecified atom stereocenters. The second kappa shape index (κ2) is 5.51. The number of hydrogen-bond acceptors (Lipinski definition) is 3. The van der Waals surface area contributed by atoms with E-state index in [0.29, 0.717) is 13.1 Å². The lowest BCUT2D eigenvalue weighted by Crippen LogP contribution is -2.36. The first-order chi connectivity index (χ1) is 5.49. The molecule has 0 aliphatic rings. The van der Waals surface area contributed by atoms with Crippen LogP contribution in [0.3, 0.4) is 0 Å². The van der Waals surface area contributed by atoms with Crippen LogP contribution in [-0.2, 0) is 0 Å². The third kappa shape index (κ3) is 6.58. The van der Waals surface area contributed by atoms with Gasteiger partial charge in [-0.15, -0.1) is 0 Å². The van der Waals surface area contributed by atoms with Crippen molar-refractivity contribution in [1.82, 2.24) is 4.90 Å². The van der Waals surface area contributed by atoms with Gasteiger partial charge in [-0.25, -0.2) is 0 Å². The Balaban J connectivity index is 3.77. The lowest BCUT2D eigenvalue weighted by atomic mass is 9.96. The van der Waals surface area contributed by atoms with Crippen LogP contribution in [0.2, 0.25) is 0 Å². The average Bonchev–Trinajstić information content (AvgIpc) is 1.84. The zero-order valence-electron chi connectivity index (χ0n) is 8.08. The molecule has 0 rings (SSSR count). The smallest absolute Gasteiger partial charge is 0.0558 e. The van der Waals surface area contributed by atoms with Crippen LogP contribution in [0.4, 0.5) is 0 Å². The quantitative estimate of drug-likeness (QED) is 0.601. The van der Waals surface area contributed by atoms with E-state index in [9.17, 15) is 0 Å². The molecule has 0 aliphatic carbocycles. The molecule has 0 fully saturated rings. The lowest BCUT2D eigenvalue weighted by Gasteiger charge is -2.28. The molecule has 3 nitrogen and oxygen atoms in total. The Hall–Kier alpha value is -0.120. The van der Waals surface area contributed by atoms with Crippen LogP contribution in [0.5, 0.6) is 0 Å². The van der Waals surface area contributed by atoms with Gasteiger partial charge in [0.2, 0.25) is 0 Å². The van der Waals surface area contributed by atoms with E-state index < -0.39 is 0 Å². The van der Waals surface area contributed by atoms with Gasteiger partial charge in [-0.2, -0.15) is 0 Å². The van der Waals surface area contributed by atoms with Crippen LogP contribution in [0.1, 0.15) is 13.8 Å². The Morgan fingerprint density at radius 3 is 1.83 bits per heavy atom. The fourth-order valence-electron chi connectivity index (χ4n) is 1.16. The van der Waals surface area contributed by atoms with E-state index in [-0.39, 0.29) is 18.6 Å². The van der Waals surface area contributed by atoms with Crippen LogP contribution in [0, 0.1) is 12.3 Å². The molecule has 73 valence electrons. The van der Waals surface area contributed by atoms with Gasteiger partial charge >= 0.3 is 0 Å². The van der Waals surface area contributed by atoms with E-state index in [0.717, 1.165) is 6.54 Å². The number of rotatable bonds is 6. The predicted octanol–water partition coefficient (Wildman–Crippen LogP) is 0.133. The zero-order chi connectivity index (χ0) is 9.61. The monoisotopic (exact) mass is 174 g/mol. The van der Waals surface area contributed by atoms with Crippen molar-refractivity contribution in [3.05, 3.63) is 6.92 Å². The van der Waals surface area contributed by atoms with Crippen molar-refractivity contribution in [2.75, 3.05) is 32.8 Å². The summed E-state index contributed by atoms with van der Waals surface area (Å²) in [7, 11) is 0. The molecule has 0 aromatic heterocycles. The van der Waals surface area contributed by atoms with Crippen molar-refractivity contribution < 1.29 is 10.2 Å². The van der Waals surface area contributed by atoms with Gasteiger partial charge in [0.25, 0.3) is 0 Å². The molecular weight excluding hydrogens is 154 g/mol. The SMILES string of the molecule is [CH2]C(C)(C)CN(CCO)CCO. The summed E-state index contributed by atoms with van der Waals surface area (Å²) in [5.41, 5.74) is -0.0235. The maximum absolute atomic E-state index is 8.72. The number of aliphatic hydroxyl groups excluding tert-OH is 2. The molecule has 0 aromatic rings. The van der Waals surface area contributed by atoms with E-state index in [1.54, 1.807) is 0 Å². The molecule has 2 N–H and O–H groups in total. The van der Waals surface area contributed by atoms with Crippen LogP contribution in [0.25, 0.3) is 0 Å². The van der Waals surface area contributed by atoms with Gasteiger partial charge in [-0.3, -0.25) is 4.90 Å². The van der Waals surface area contributed by atoms with E-state index in [1.165, 1.54) is 0 Å². The molecule has 0 saturated heterocycles. The first-order valence-corrected chi connectivity index (χ1v) is 4.29. The first-order valence-electron chi connectivity index (χ1n) is 4.29. The maximum atomic E-state index is 8.72. The predicted molar refractivity (Wildman–Crippen MR) is 49.7 cm³/mol. The zero-order valence-corrected chi connectivity index (χ0v) is 8.08. The minimum Gasteiger partial charge on any atom is -0.395 e. The third-order valence-corrected chi connectivity index (χ3v) is 1.48. The highest BCUT2D eigenvalue weighted by molar-refractivity contribution is 4.75. The summed E-state index contributed by atoms with van der Waals surface area (Å²) < 4.78 is 0. The van der Waals surface area contributed by atoms with E-state index in [1.807, 2.05) is 18.7 Å². The third-order valence-electron chi connectivity index (χ3n) is 1.48. The standard InChI is InChI=1S/C9H20NO2/c1-9(2,3)8-10(4-6-11)5-7-12/h11-12H,1,4-8H2,2-3H3. The number of nitrogens with zero attached hydrogens (tertiary/aromatic N) is 1. The van der Waals surface area contributed by atoms with Gasteiger partial charge in [0.05, 0.1) is 13.2 Å². The molecular formula is C9H20NO2. The van der Waals surface area contributed by atoms with Crippen LogP contribution >= 0.6 is 0 Å². The molecule has 0 heterocycles. The fourth-order valence-corrected chi connectivity index (χ4v) is 1.16. The van der Waals surface area contributed by atoms with Crippen molar-refractivity contribution >= 4 is 0 Å². The summed E-state index contributed by atoms with van der Waals surface area (Å²) in [5.74, 6) is 0. The maximum Gasteiger partial charge on any atom is 0.0558 e. The fraction of sp³-hybridized carbons (Fsp3) is 0.889. The topological polar surface area (TPSA) is 43.7 Å². The van der Waals surface area contributed by atoms with E-state index >= 15 is 0 Å². The van der Waals surface area contributed by atoms with Gasteiger partial charge in [-0.05, 0) is 12.3 Å². The highest BCUT2D eigenvalue weighted by Crippen LogP contribution is 2.13. The second-order valence-corrected chi connectivity index (χ2v) is 3.89. The molecule has 0 bridgehead atoms. The van der Waals surface area contributed by atoms with Gasteiger partial charge in [-0.1, -0.05) is 13.8 Å². The van der Waals surface area contributed by atoms with Gasteiger partial charge < -0.3 is 10.2 Å². The summed E-state index contributed by atoms with van der Waals surface area (Å²) in [6, 6.07) is 0. The van der Waals surface area contributed by atoms with Gasteiger partial charge in [0, 0.05) is 19.6 Å². The Bertz CT molecular complexity index is 104. The molecule has 0 saturated carbocycles. The molecule has 0 amide bonds. The van der Waals surface area contributed by atoms with E-state index in [4.69, 9.17) is 10.2 Å². The van der Waals surface area contributed by atoms with Crippen LogP contribution < -0.4 is 0 Å². The summed E-state index contributed by atoms with van der Waals surface area (Å²) in [6.07, 6.45) is 0. The largest absolute Gasteiger partial charge is 0.395 e. The van der Waals surface area contributed by atoms with Crippen LogP contribution in [-0.4, -0.2) is 48.0 Å². The van der Waals surface area contributed by atoms with Crippen molar-refractivity contribution in [3.63, 3.8) is 0 Å². The van der Waals surface area contributed by atoms with Crippen LogP contribution in [0.15, 0.2) is 0 Å². The molecule has 12 heavy (non-hydrogen) atoms. The minimum absolute atomic E-state index is 0.0235. The summed E-state index contributed by atoms with van der Waals surface area (Å²) in [4.78, 5) is 2.01. The molecule has 1 radical (unpaired) electrons. The summed E-state index contributed by atoms with van der Waals surface area (Å²) in [5, 5.41) is 17.4. The summed E-state index contributed by atoms with van der Waals surface area (Å²) in [6.45, 7) is 10.3. The molecule has 0 aliphatic heterocycles. The molecule has 0 aromatic carbocycles. The van der Waals surface area contributed by atoms with Crippen molar-refractivity contribution in [2.24, 2.45) is 5.41 Å². The molecule has 0 atom stereocenters. The van der Waals surface area contributed by atoms with Gasteiger partial charge in [0.15, 0.2) is 0 Å². The second-order valence-electron chi connectivity index (χ2n) is 3.89. The Morgan fingerprint density at radius 2 is 1.58 bits per heavy atom. The minimum atomic E-state index is -0.0235.